The Bertz CT molecular complexity index is 241. The fourth-order valence-corrected chi connectivity index (χ4v) is 3.22. The quantitative estimate of drug-likeness (QED) is 0.703. The van der Waals surface area contributed by atoms with E-state index in [1.54, 1.807) is 0 Å². The van der Waals surface area contributed by atoms with E-state index in [0.29, 0.717) is 23.8 Å². The van der Waals surface area contributed by atoms with E-state index in [4.69, 9.17) is 21.1 Å². The number of rotatable bonds is 2. The summed E-state index contributed by atoms with van der Waals surface area (Å²) in [5.74, 6) is 1.99. The van der Waals surface area contributed by atoms with Crippen molar-refractivity contribution in [1.29, 1.82) is 0 Å². The Morgan fingerprint density at radius 2 is 1.76 bits per heavy atom. The van der Waals surface area contributed by atoms with Gasteiger partial charge >= 0.3 is 0 Å². The zero-order chi connectivity index (χ0) is 12.5. The molecule has 0 radical (unpaired) electrons. The highest BCUT2D eigenvalue weighted by molar-refractivity contribution is 6.18. The van der Waals surface area contributed by atoms with Crippen LogP contribution < -0.4 is 0 Å². The van der Waals surface area contributed by atoms with Crippen LogP contribution in [0.2, 0.25) is 0 Å². The van der Waals surface area contributed by atoms with Crippen LogP contribution in [0.5, 0.6) is 0 Å². The largest absolute Gasteiger partial charge is 0.350 e. The summed E-state index contributed by atoms with van der Waals surface area (Å²) in [7, 11) is 0. The first-order chi connectivity index (χ1) is 8.00. The molecular formula is C14H25ClO2. The van der Waals surface area contributed by atoms with Gasteiger partial charge in [0.05, 0.1) is 18.6 Å². The molecule has 2 unspecified atom stereocenters. The van der Waals surface area contributed by atoms with Crippen molar-refractivity contribution in [2.24, 2.45) is 17.3 Å². The molecule has 1 heterocycles. The summed E-state index contributed by atoms with van der Waals surface area (Å²) < 4.78 is 11.5. The van der Waals surface area contributed by atoms with Crippen LogP contribution in [0.25, 0.3) is 0 Å². The van der Waals surface area contributed by atoms with Crippen molar-refractivity contribution in [3.8, 4) is 0 Å². The molecule has 1 aliphatic heterocycles. The fraction of sp³-hybridized carbons (Fsp3) is 1.00. The van der Waals surface area contributed by atoms with E-state index in [-0.39, 0.29) is 12.4 Å². The molecule has 3 heteroatoms. The maximum absolute atomic E-state index is 5.82. The molecule has 0 amide bonds. The van der Waals surface area contributed by atoms with Crippen LogP contribution in [0, 0.1) is 17.3 Å². The van der Waals surface area contributed by atoms with Gasteiger partial charge in [-0.15, -0.1) is 11.6 Å². The standard InChI is InChI=1S/C14H25ClO2/c1-14(2,3)11-6-4-10(5-7-11)13-16-9-12(8-15)17-13/h10-13H,4-9H2,1-3H3. The average Bonchev–Trinajstić information content (AvgIpc) is 2.76. The summed E-state index contributed by atoms with van der Waals surface area (Å²) in [5, 5.41) is 0. The summed E-state index contributed by atoms with van der Waals surface area (Å²) in [6.07, 6.45) is 5.22. The van der Waals surface area contributed by atoms with E-state index >= 15 is 0 Å². The van der Waals surface area contributed by atoms with Crippen LogP contribution in [-0.2, 0) is 9.47 Å². The Labute approximate surface area is 110 Å². The summed E-state index contributed by atoms with van der Waals surface area (Å²) in [5.41, 5.74) is 0.445. The van der Waals surface area contributed by atoms with Gasteiger partial charge < -0.3 is 9.47 Å². The molecule has 0 aromatic heterocycles. The van der Waals surface area contributed by atoms with Gasteiger partial charge in [0.1, 0.15) is 0 Å². The summed E-state index contributed by atoms with van der Waals surface area (Å²) in [6, 6.07) is 0. The van der Waals surface area contributed by atoms with Gasteiger partial charge in [0, 0.05) is 5.92 Å². The number of hydrogen-bond donors (Lipinski definition) is 0. The molecule has 2 rings (SSSR count). The van der Waals surface area contributed by atoms with E-state index in [1.165, 1.54) is 25.7 Å². The highest BCUT2D eigenvalue weighted by Gasteiger charge is 2.37. The lowest BCUT2D eigenvalue weighted by atomic mass is 9.70. The van der Waals surface area contributed by atoms with Gasteiger partial charge in [0.2, 0.25) is 0 Å². The highest BCUT2D eigenvalue weighted by Crippen LogP contribution is 2.42. The molecule has 0 bridgehead atoms. The zero-order valence-corrected chi connectivity index (χ0v) is 12.0. The van der Waals surface area contributed by atoms with Crippen molar-refractivity contribution in [2.75, 3.05) is 12.5 Å². The monoisotopic (exact) mass is 260 g/mol. The molecule has 2 nitrogen and oxygen atoms in total. The molecule has 100 valence electrons. The first kappa shape index (κ1) is 13.6. The minimum absolute atomic E-state index is 0.0136. The Hall–Kier alpha value is 0.210. The predicted octanol–water partition coefficient (Wildman–Crippen LogP) is 3.82. The maximum atomic E-state index is 5.82. The second kappa shape index (κ2) is 5.46. The van der Waals surface area contributed by atoms with E-state index in [9.17, 15) is 0 Å². The third-order valence-electron chi connectivity index (χ3n) is 4.33. The van der Waals surface area contributed by atoms with Gasteiger partial charge in [0.15, 0.2) is 6.29 Å². The molecule has 0 aromatic rings. The lowest BCUT2D eigenvalue weighted by Crippen LogP contribution is -2.31. The lowest BCUT2D eigenvalue weighted by Gasteiger charge is -2.38. The smallest absolute Gasteiger partial charge is 0.161 e. The van der Waals surface area contributed by atoms with Gasteiger partial charge in [-0.3, -0.25) is 0 Å². The van der Waals surface area contributed by atoms with Gasteiger partial charge in [-0.05, 0) is 37.0 Å². The molecule has 1 saturated carbocycles. The van der Waals surface area contributed by atoms with Gasteiger partial charge in [-0.1, -0.05) is 20.8 Å². The van der Waals surface area contributed by atoms with Crippen LogP contribution in [0.1, 0.15) is 46.5 Å². The molecule has 0 spiro atoms. The number of alkyl halides is 1. The lowest BCUT2D eigenvalue weighted by molar-refractivity contribution is -0.108. The minimum Gasteiger partial charge on any atom is -0.350 e. The third-order valence-corrected chi connectivity index (χ3v) is 4.67. The summed E-state index contributed by atoms with van der Waals surface area (Å²) in [6.45, 7) is 7.73. The number of hydrogen-bond acceptors (Lipinski definition) is 2. The fourth-order valence-electron chi connectivity index (χ4n) is 3.06. The first-order valence-corrected chi connectivity index (χ1v) is 7.37. The molecule has 17 heavy (non-hydrogen) atoms. The number of halogens is 1. The Kier molecular flexibility index (Phi) is 4.38. The van der Waals surface area contributed by atoms with E-state index in [0.717, 1.165) is 5.92 Å². The summed E-state index contributed by atoms with van der Waals surface area (Å²) >= 11 is 5.79. The van der Waals surface area contributed by atoms with E-state index in [1.807, 2.05) is 0 Å². The van der Waals surface area contributed by atoms with Crippen LogP contribution in [0.3, 0.4) is 0 Å². The topological polar surface area (TPSA) is 18.5 Å². The summed E-state index contributed by atoms with van der Waals surface area (Å²) in [4.78, 5) is 0. The van der Waals surface area contributed by atoms with Crippen LogP contribution >= 0.6 is 11.6 Å². The average molecular weight is 261 g/mol. The Balaban J connectivity index is 1.80. The molecular weight excluding hydrogens is 236 g/mol. The molecule has 0 N–H and O–H groups in total. The van der Waals surface area contributed by atoms with Gasteiger partial charge in [-0.25, -0.2) is 0 Å². The SMILES string of the molecule is CC(C)(C)C1CCC(C2OCC(CCl)O2)CC1. The van der Waals surface area contributed by atoms with Crippen molar-refractivity contribution < 1.29 is 9.47 Å². The Morgan fingerprint density at radius 1 is 1.12 bits per heavy atom. The Morgan fingerprint density at radius 3 is 2.24 bits per heavy atom. The third kappa shape index (κ3) is 3.36. The molecule has 1 aliphatic carbocycles. The van der Waals surface area contributed by atoms with Crippen molar-refractivity contribution in [1.82, 2.24) is 0 Å². The second-order valence-corrected chi connectivity index (χ2v) is 6.90. The normalized spacial score (nSPS) is 39.5. The highest BCUT2D eigenvalue weighted by atomic mass is 35.5. The van der Waals surface area contributed by atoms with Crippen LogP contribution in [0.15, 0.2) is 0 Å². The van der Waals surface area contributed by atoms with Gasteiger partial charge in [0.25, 0.3) is 0 Å². The number of ether oxygens (including phenoxy) is 2. The second-order valence-electron chi connectivity index (χ2n) is 6.59. The first-order valence-electron chi connectivity index (χ1n) is 6.83. The minimum atomic E-state index is 0.0136. The van der Waals surface area contributed by atoms with Crippen molar-refractivity contribution in [3.63, 3.8) is 0 Å². The van der Waals surface area contributed by atoms with Crippen LogP contribution in [-0.4, -0.2) is 24.9 Å². The van der Waals surface area contributed by atoms with Gasteiger partial charge in [-0.2, -0.15) is 0 Å². The molecule has 2 fully saturated rings. The zero-order valence-electron chi connectivity index (χ0n) is 11.2. The molecule has 0 aromatic carbocycles. The molecule has 2 atom stereocenters. The van der Waals surface area contributed by atoms with E-state index < -0.39 is 0 Å². The maximum Gasteiger partial charge on any atom is 0.161 e. The van der Waals surface area contributed by atoms with Crippen molar-refractivity contribution in [2.45, 2.75) is 58.8 Å². The van der Waals surface area contributed by atoms with E-state index in [2.05, 4.69) is 20.8 Å². The van der Waals surface area contributed by atoms with Crippen LogP contribution in [0.4, 0.5) is 0 Å². The van der Waals surface area contributed by atoms with Crippen molar-refractivity contribution >= 4 is 11.6 Å². The van der Waals surface area contributed by atoms with Crippen molar-refractivity contribution in [3.05, 3.63) is 0 Å². The predicted molar refractivity (Wildman–Crippen MR) is 70.2 cm³/mol. The molecule has 2 aliphatic rings. The molecule has 1 saturated heterocycles.